The van der Waals surface area contributed by atoms with E-state index in [9.17, 15) is 9.18 Å². The fourth-order valence-electron chi connectivity index (χ4n) is 2.03. The molecule has 2 N–H and O–H groups in total. The number of thioether (sulfide) groups is 1. The number of halogens is 1. The monoisotopic (exact) mass is 349 g/mol. The van der Waals surface area contributed by atoms with E-state index in [1.54, 1.807) is 0 Å². The third kappa shape index (κ3) is 3.27. The van der Waals surface area contributed by atoms with Crippen LogP contribution in [0.5, 0.6) is 5.75 Å². The van der Waals surface area contributed by atoms with Crippen LogP contribution in [0, 0.1) is 5.82 Å². The van der Waals surface area contributed by atoms with Crippen molar-refractivity contribution in [2.45, 2.75) is 5.16 Å². The SMILES string of the molecule is COc1ccc(F)cc1C(=O)CSc1nc(N)c2ccsc2n1. The van der Waals surface area contributed by atoms with Crippen LogP contribution in [-0.2, 0) is 0 Å². The molecule has 0 saturated heterocycles. The Balaban J connectivity index is 1.79. The minimum absolute atomic E-state index is 0.0656. The van der Waals surface area contributed by atoms with Gasteiger partial charge in [0.05, 0.1) is 23.8 Å². The van der Waals surface area contributed by atoms with E-state index in [0.29, 0.717) is 16.7 Å². The average molecular weight is 349 g/mol. The summed E-state index contributed by atoms with van der Waals surface area (Å²) >= 11 is 2.61. The van der Waals surface area contributed by atoms with Gasteiger partial charge >= 0.3 is 0 Å². The first kappa shape index (κ1) is 15.7. The van der Waals surface area contributed by atoms with Crippen LogP contribution in [0.25, 0.3) is 10.2 Å². The first-order valence-electron chi connectivity index (χ1n) is 6.58. The number of Topliss-reactive ketones (excluding diaryl/α,β-unsaturated/α-hetero) is 1. The number of nitrogens with two attached hydrogens (primary N) is 1. The Hall–Kier alpha value is -2.19. The summed E-state index contributed by atoms with van der Waals surface area (Å²) in [7, 11) is 1.44. The average Bonchev–Trinajstić information content (AvgIpc) is 3.01. The number of thiophene rings is 1. The molecule has 0 aliphatic heterocycles. The molecule has 3 rings (SSSR count). The van der Waals surface area contributed by atoms with Gasteiger partial charge in [0.15, 0.2) is 10.9 Å². The number of fused-ring (bicyclic) bond motifs is 1. The van der Waals surface area contributed by atoms with Gasteiger partial charge in [0, 0.05) is 0 Å². The van der Waals surface area contributed by atoms with Crippen molar-refractivity contribution >= 4 is 44.9 Å². The molecule has 2 aromatic heterocycles. The fraction of sp³-hybridized carbons (Fsp3) is 0.133. The summed E-state index contributed by atoms with van der Waals surface area (Å²) in [6.07, 6.45) is 0. The van der Waals surface area contributed by atoms with Crippen LogP contribution in [0.4, 0.5) is 10.2 Å². The molecule has 0 aliphatic carbocycles. The molecular weight excluding hydrogens is 337 g/mol. The highest BCUT2D eigenvalue weighted by Crippen LogP contribution is 2.27. The third-order valence-electron chi connectivity index (χ3n) is 3.13. The molecule has 0 saturated carbocycles. The van der Waals surface area contributed by atoms with Crippen LogP contribution in [0.1, 0.15) is 10.4 Å². The first-order valence-corrected chi connectivity index (χ1v) is 8.45. The number of hydrogen-bond donors (Lipinski definition) is 1. The van der Waals surface area contributed by atoms with E-state index in [2.05, 4.69) is 9.97 Å². The van der Waals surface area contributed by atoms with Crippen molar-refractivity contribution in [3.8, 4) is 5.75 Å². The van der Waals surface area contributed by atoms with E-state index >= 15 is 0 Å². The molecule has 0 amide bonds. The van der Waals surface area contributed by atoms with Crippen molar-refractivity contribution in [2.75, 3.05) is 18.6 Å². The number of nitrogens with zero attached hydrogens (tertiary/aromatic N) is 2. The molecule has 0 bridgehead atoms. The van der Waals surface area contributed by atoms with Crippen molar-refractivity contribution in [2.24, 2.45) is 0 Å². The zero-order valence-electron chi connectivity index (χ0n) is 12.1. The predicted octanol–water partition coefficient (Wildman–Crippen LogP) is 3.40. The van der Waals surface area contributed by atoms with Crippen molar-refractivity contribution < 1.29 is 13.9 Å². The Bertz CT molecular complexity index is 882. The normalized spacial score (nSPS) is 10.9. The number of anilines is 1. The smallest absolute Gasteiger partial charge is 0.191 e. The lowest BCUT2D eigenvalue weighted by Crippen LogP contribution is -2.06. The van der Waals surface area contributed by atoms with E-state index in [4.69, 9.17) is 10.5 Å². The topological polar surface area (TPSA) is 78.1 Å². The highest BCUT2D eigenvalue weighted by Gasteiger charge is 2.15. The van der Waals surface area contributed by atoms with Gasteiger partial charge in [-0.2, -0.15) is 0 Å². The minimum Gasteiger partial charge on any atom is -0.496 e. The molecule has 5 nitrogen and oxygen atoms in total. The molecule has 118 valence electrons. The molecule has 0 unspecified atom stereocenters. The van der Waals surface area contributed by atoms with Crippen LogP contribution in [0.3, 0.4) is 0 Å². The lowest BCUT2D eigenvalue weighted by molar-refractivity contribution is 0.101. The summed E-state index contributed by atoms with van der Waals surface area (Å²) in [6, 6.07) is 5.70. The number of aromatic nitrogens is 2. The van der Waals surface area contributed by atoms with Crippen LogP contribution in [-0.4, -0.2) is 28.6 Å². The number of nitrogen functional groups attached to an aromatic ring is 1. The molecule has 0 atom stereocenters. The molecule has 8 heteroatoms. The molecule has 0 radical (unpaired) electrons. The van der Waals surface area contributed by atoms with Gasteiger partial charge in [-0.1, -0.05) is 11.8 Å². The van der Waals surface area contributed by atoms with Crippen LogP contribution in [0.2, 0.25) is 0 Å². The van der Waals surface area contributed by atoms with Crippen molar-refractivity contribution in [3.63, 3.8) is 0 Å². The van der Waals surface area contributed by atoms with Gasteiger partial charge in [-0.3, -0.25) is 4.79 Å². The van der Waals surface area contributed by atoms with Gasteiger partial charge in [-0.15, -0.1) is 11.3 Å². The lowest BCUT2D eigenvalue weighted by Gasteiger charge is -2.07. The van der Waals surface area contributed by atoms with Gasteiger partial charge in [-0.25, -0.2) is 14.4 Å². The second-order valence-corrected chi connectivity index (χ2v) is 6.42. The van der Waals surface area contributed by atoms with Gasteiger partial charge in [0.1, 0.15) is 22.2 Å². The second-order valence-electron chi connectivity index (χ2n) is 4.59. The van der Waals surface area contributed by atoms with Crippen molar-refractivity contribution in [3.05, 3.63) is 41.0 Å². The number of benzene rings is 1. The Labute approximate surface area is 139 Å². The largest absolute Gasteiger partial charge is 0.496 e. The summed E-state index contributed by atoms with van der Waals surface area (Å²) in [5, 5.41) is 3.10. The van der Waals surface area contributed by atoms with Gasteiger partial charge in [-0.05, 0) is 29.6 Å². The zero-order valence-corrected chi connectivity index (χ0v) is 13.7. The van der Waals surface area contributed by atoms with E-state index < -0.39 is 5.82 Å². The predicted molar refractivity (Wildman–Crippen MR) is 89.8 cm³/mol. The van der Waals surface area contributed by atoms with Crippen LogP contribution >= 0.6 is 23.1 Å². The molecule has 0 spiro atoms. The first-order chi connectivity index (χ1) is 11.1. The number of carbonyl (C=O) groups excluding carboxylic acids is 1. The summed E-state index contributed by atoms with van der Waals surface area (Å²) in [4.78, 5) is 21.6. The van der Waals surface area contributed by atoms with E-state index in [1.165, 1.54) is 36.6 Å². The summed E-state index contributed by atoms with van der Waals surface area (Å²) < 4.78 is 18.4. The standard InChI is InChI=1S/C15H12FN3O2S2/c1-21-12-3-2-8(16)6-10(12)11(20)7-23-15-18-13(17)9-4-5-22-14(9)19-15/h2-6H,7H2,1H3,(H2,17,18,19). The number of ether oxygens (including phenoxy) is 1. The molecule has 0 aliphatic rings. The number of ketones is 1. The number of hydrogen-bond acceptors (Lipinski definition) is 7. The van der Waals surface area contributed by atoms with Gasteiger partial charge in [0.25, 0.3) is 0 Å². The Kier molecular flexibility index (Phi) is 4.44. The highest BCUT2D eigenvalue weighted by molar-refractivity contribution is 7.99. The lowest BCUT2D eigenvalue weighted by atomic mass is 10.1. The maximum absolute atomic E-state index is 13.3. The zero-order chi connectivity index (χ0) is 16.4. The quantitative estimate of drug-likeness (QED) is 0.432. The summed E-state index contributed by atoms with van der Waals surface area (Å²) in [6.45, 7) is 0. The number of carbonyl (C=O) groups is 1. The Morgan fingerprint density at radius 2 is 2.22 bits per heavy atom. The maximum atomic E-state index is 13.3. The van der Waals surface area contributed by atoms with E-state index in [-0.39, 0.29) is 17.1 Å². The van der Waals surface area contributed by atoms with Gasteiger partial charge < -0.3 is 10.5 Å². The molecule has 3 aromatic rings. The highest BCUT2D eigenvalue weighted by atomic mass is 32.2. The molecule has 23 heavy (non-hydrogen) atoms. The van der Waals surface area contributed by atoms with Crippen LogP contribution < -0.4 is 10.5 Å². The molecule has 0 fully saturated rings. The number of rotatable bonds is 5. The molecule has 1 aromatic carbocycles. The van der Waals surface area contributed by atoms with E-state index in [1.807, 2.05) is 11.4 Å². The Morgan fingerprint density at radius 3 is 3.00 bits per heavy atom. The Morgan fingerprint density at radius 1 is 1.39 bits per heavy atom. The second kappa shape index (κ2) is 6.51. The maximum Gasteiger partial charge on any atom is 0.191 e. The molecular formula is C15H12FN3O2S2. The third-order valence-corrected chi connectivity index (χ3v) is 4.78. The summed E-state index contributed by atoms with van der Waals surface area (Å²) in [5.41, 5.74) is 6.07. The minimum atomic E-state index is -0.486. The van der Waals surface area contributed by atoms with Crippen molar-refractivity contribution in [1.82, 2.24) is 9.97 Å². The fourth-order valence-corrected chi connectivity index (χ4v) is 3.59. The number of methoxy groups -OCH3 is 1. The van der Waals surface area contributed by atoms with Crippen LogP contribution in [0.15, 0.2) is 34.8 Å². The van der Waals surface area contributed by atoms with Crippen molar-refractivity contribution in [1.29, 1.82) is 0 Å². The van der Waals surface area contributed by atoms with Gasteiger partial charge in [0.2, 0.25) is 0 Å². The molecule has 2 heterocycles. The van der Waals surface area contributed by atoms with E-state index in [0.717, 1.165) is 22.0 Å². The summed E-state index contributed by atoms with van der Waals surface area (Å²) in [5.74, 6) is 0.0379.